The van der Waals surface area contributed by atoms with Crippen molar-refractivity contribution >= 4 is 15.8 Å². The third-order valence-electron chi connectivity index (χ3n) is 2.51. The molecule has 0 atom stereocenters. The van der Waals surface area contributed by atoms with Crippen molar-refractivity contribution in [2.24, 2.45) is 10.7 Å². The Hall–Kier alpha value is -1.56. The lowest BCUT2D eigenvalue weighted by Gasteiger charge is -2.07. The number of nitrogens with zero attached hydrogens (tertiary/aromatic N) is 1. The van der Waals surface area contributed by atoms with Crippen molar-refractivity contribution in [2.75, 3.05) is 12.8 Å². The van der Waals surface area contributed by atoms with Crippen LogP contribution in [0.15, 0.2) is 29.3 Å². The van der Waals surface area contributed by atoms with Crippen LogP contribution in [0.5, 0.6) is 0 Å². The largest absolute Gasteiger partial charge is 0.370 e. The fraction of sp³-hybridized carbons (Fsp3) is 0.462. The molecule has 5 nitrogen and oxygen atoms in total. The number of hydrogen-bond acceptors (Lipinski definition) is 3. The highest BCUT2D eigenvalue weighted by Crippen LogP contribution is 2.13. The lowest BCUT2D eigenvalue weighted by Crippen LogP contribution is -2.32. The molecule has 0 fully saturated rings. The Kier molecular flexibility index (Phi) is 5.82. The molecule has 0 radical (unpaired) electrons. The number of benzene rings is 1. The van der Waals surface area contributed by atoms with E-state index >= 15 is 0 Å². The van der Waals surface area contributed by atoms with E-state index in [2.05, 4.69) is 10.3 Å². The zero-order valence-electron chi connectivity index (χ0n) is 11.4. The summed E-state index contributed by atoms with van der Waals surface area (Å²) in [5, 5.41) is 2.98. The third kappa shape index (κ3) is 6.24. The summed E-state index contributed by atoms with van der Waals surface area (Å²) in [4.78, 5) is 4.21. The molecule has 0 amide bonds. The van der Waals surface area contributed by atoms with E-state index in [0.29, 0.717) is 12.5 Å². The Morgan fingerprint density at radius 3 is 2.53 bits per heavy atom. The minimum absolute atomic E-state index is 0.0288. The summed E-state index contributed by atoms with van der Waals surface area (Å²) in [7, 11) is -3.05. The predicted octanol–water partition coefficient (Wildman–Crippen LogP) is 1.05. The monoisotopic (exact) mass is 283 g/mol. The van der Waals surface area contributed by atoms with Gasteiger partial charge in [-0.1, -0.05) is 31.2 Å². The van der Waals surface area contributed by atoms with E-state index in [1.807, 2.05) is 31.2 Å². The number of sulfone groups is 1. The van der Waals surface area contributed by atoms with E-state index in [4.69, 9.17) is 5.73 Å². The first kappa shape index (κ1) is 15.5. The van der Waals surface area contributed by atoms with Crippen LogP contribution in [-0.2, 0) is 22.1 Å². The summed E-state index contributed by atoms with van der Waals surface area (Å²) < 4.78 is 22.7. The maximum atomic E-state index is 11.4. The topological polar surface area (TPSA) is 84.5 Å². The second kappa shape index (κ2) is 7.13. The molecular weight excluding hydrogens is 262 g/mol. The van der Waals surface area contributed by atoms with E-state index in [9.17, 15) is 8.42 Å². The van der Waals surface area contributed by atoms with Gasteiger partial charge in [-0.2, -0.15) is 0 Å². The van der Waals surface area contributed by atoms with Gasteiger partial charge in [-0.15, -0.1) is 0 Å². The standard InChI is InChI=1S/C13H21N3O2S/c1-3-8-15-13(14)16-9-11-6-4-5-7-12(11)10-19(2,17)18/h4-7H,3,8-10H2,1-2H3,(H3,14,15,16). The number of nitrogens with two attached hydrogens (primary N) is 1. The van der Waals surface area contributed by atoms with Crippen molar-refractivity contribution in [1.82, 2.24) is 5.32 Å². The zero-order valence-corrected chi connectivity index (χ0v) is 12.2. The molecule has 0 aromatic heterocycles. The molecule has 106 valence electrons. The Morgan fingerprint density at radius 2 is 1.95 bits per heavy atom. The molecule has 0 aliphatic heterocycles. The second-order valence-corrected chi connectivity index (χ2v) is 6.61. The van der Waals surface area contributed by atoms with Crippen molar-refractivity contribution < 1.29 is 8.42 Å². The minimum Gasteiger partial charge on any atom is -0.370 e. The van der Waals surface area contributed by atoms with Crippen LogP contribution >= 0.6 is 0 Å². The molecule has 19 heavy (non-hydrogen) atoms. The van der Waals surface area contributed by atoms with Gasteiger partial charge in [0.2, 0.25) is 0 Å². The van der Waals surface area contributed by atoms with Crippen molar-refractivity contribution in [3.8, 4) is 0 Å². The van der Waals surface area contributed by atoms with Crippen LogP contribution < -0.4 is 11.1 Å². The number of hydrogen-bond donors (Lipinski definition) is 2. The third-order valence-corrected chi connectivity index (χ3v) is 3.35. The zero-order chi connectivity index (χ0) is 14.3. The number of nitrogens with one attached hydrogen (secondary N) is 1. The van der Waals surface area contributed by atoms with E-state index in [-0.39, 0.29) is 5.75 Å². The highest BCUT2D eigenvalue weighted by atomic mass is 32.2. The fourth-order valence-electron chi connectivity index (χ4n) is 1.61. The summed E-state index contributed by atoms with van der Waals surface area (Å²) in [6.45, 7) is 3.20. The van der Waals surface area contributed by atoms with Crippen LogP contribution in [0.2, 0.25) is 0 Å². The highest BCUT2D eigenvalue weighted by molar-refractivity contribution is 7.89. The van der Waals surface area contributed by atoms with E-state index in [1.165, 1.54) is 6.26 Å². The Balaban J connectivity index is 2.78. The van der Waals surface area contributed by atoms with Gasteiger partial charge in [-0.3, -0.25) is 0 Å². The molecule has 0 aliphatic carbocycles. The van der Waals surface area contributed by atoms with Crippen LogP contribution in [0.25, 0.3) is 0 Å². The van der Waals surface area contributed by atoms with Gasteiger partial charge in [0.15, 0.2) is 15.8 Å². The molecule has 0 heterocycles. The lowest BCUT2D eigenvalue weighted by atomic mass is 10.1. The molecule has 1 rings (SSSR count). The van der Waals surface area contributed by atoms with Gasteiger partial charge in [0.05, 0.1) is 12.3 Å². The van der Waals surface area contributed by atoms with Crippen LogP contribution in [0, 0.1) is 0 Å². The summed E-state index contributed by atoms with van der Waals surface area (Å²) in [5.74, 6) is 0.414. The SMILES string of the molecule is CCCNC(N)=NCc1ccccc1CS(C)(=O)=O. The molecule has 6 heteroatoms. The molecule has 0 spiro atoms. The van der Waals surface area contributed by atoms with Gasteiger partial charge in [0.25, 0.3) is 0 Å². The fourth-order valence-corrected chi connectivity index (χ4v) is 2.46. The predicted molar refractivity (Wildman–Crippen MR) is 78.6 cm³/mol. The molecule has 0 saturated heterocycles. The molecule has 3 N–H and O–H groups in total. The molecule has 1 aromatic carbocycles. The van der Waals surface area contributed by atoms with Gasteiger partial charge in [-0.25, -0.2) is 13.4 Å². The highest BCUT2D eigenvalue weighted by Gasteiger charge is 2.08. The molecular formula is C13H21N3O2S. The van der Waals surface area contributed by atoms with Crippen molar-refractivity contribution in [3.63, 3.8) is 0 Å². The summed E-state index contributed by atoms with van der Waals surface area (Å²) in [6.07, 6.45) is 2.20. The van der Waals surface area contributed by atoms with Crippen LogP contribution in [0.3, 0.4) is 0 Å². The number of guanidine groups is 1. The van der Waals surface area contributed by atoms with Crippen LogP contribution in [0.4, 0.5) is 0 Å². The summed E-state index contributed by atoms with van der Waals surface area (Å²) in [5.41, 5.74) is 7.36. The lowest BCUT2D eigenvalue weighted by molar-refractivity contribution is 0.601. The molecule has 0 aliphatic rings. The first-order valence-corrected chi connectivity index (χ1v) is 8.26. The van der Waals surface area contributed by atoms with E-state index in [1.54, 1.807) is 0 Å². The number of rotatable bonds is 6. The van der Waals surface area contributed by atoms with Gasteiger partial charge in [-0.05, 0) is 17.5 Å². The van der Waals surface area contributed by atoms with Crippen molar-refractivity contribution in [3.05, 3.63) is 35.4 Å². The summed E-state index contributed by atoms with van der Waals surface area (Å²) in [6, 6.07) is 7.37. The average molecular weight is 283 g/mol. The van der Waals surface area contributed by atoms with Gasteiger partial charge in [0.1, 0.15) is 0 Å². The number of aliphatic imine (C=N–C) groups is 1. The maximum Gasteiger partial charge on any atom is 0.188 e. The molecule has 0 unspecified atom stereocenters. The molecule has 1 aromatic rings. The summed E-state index contributed by atoms with van der Waals surface area (Å²) >= 11 is 0. The van der Waals surface area contributed by atoms with Gasteiger partial charge >= 0.3 is 0 Å². The minimum atomic E-state index is -3.05. The van der Waals surface area contributed by atoms with Gasteiger partial charge in [0, 0.05) is 12.8 Å². The van der Waals surface area contributed by atoms with Gasteiger partial charge < -0.3 is 11.1 Å². The molecule has 0 bridgehead atoms. The van der Waals surface area contributed by atoms with E-state index in [0.717, 1.165) is 24.1 Å². The first-order chi connectivity index (χ1) is 8.92. The maximum absolute atomic E-state index is 11.4. The normalized spacial score (nSPS) is 12.4. The van der Waals surface area contributed by atoms with Crippen molar-refractivity contribution in [2.45, 2.75) is 25.6 Å². The van der Waals surface area contributed by atoms with E-state index < -0.39 is 9.84 Å². The second-order valence-electron chi connectivity index (χ2n) is 4.47. The quantitative estimate of drug-likeness (QED) is 0.603. The Morgan fingerprint density at radius 1 is 1.32 bits per heavy atom. The smallest absolute Gasteiger partial charge is 0.188 e. The average Bonchev–Trinajstić information content (AvgIpc) is 2.33. The van der Waals surface area contributed by atoms with Crippen LogP contribution in [-0.4, -0.2) is 27.2 Å². The first-order valence-electron chi connectivity index (χ1n) is 6.20. The van der Waals surface area contributed by atoms with Crippen molar-refractivity contribution in [1.29, 1.82) is 0 Å². The Bertz CT molecular complexity index is 539. The molecule has 0 saturated carbocycles. The Labute approximate surface area is 114 Å². The van der Waals surface area contributed by atoms with Crippen LogP contribution in [0.1, 0.15) is 24.5 Å².